The van der Waals surface area contributed by atoms with Gasteiger partial charge in [0.25, 0.3) is 0 Å². The van der Waals surface area contributed by atoms with Crippen LogP contribution in [0.15, 0.2) is 12.2 Å². The molecule has 0 radical (unpaired) electrons. The summed E-state index contributed by atoms with van der Waals surface area (Å²) in [5.41, 5.74) is 0. The molecule has 1 aliphatic rings. The van der Waals surface area contributed by atoms with Crippen molar-refractivity contribution >= 4 is 0 Å². The fraction of sp³-hybridized carbons (Fsp3) is 0.867. The van der Waals surface area contributed by atoms with Crippen molar-refractivity contribution in [2.45, 2.75) is 25.9 Å². The Hall–Kier alpha value is -0.420. The van der Waals surface area contributed by atoms with E-state index in [0.717, 1.165) is 32.5 Å². The monoisotopic (exact) mass is 270 g/mol. The highest BCUT2D eigenvalue weighted by molar-refractivity contribution is 4.93. The number of likely N-dealkylation sites (N-methyl/N-ethyl adjacent to an activating group) is 1. The van der Waals surface area contributed by atoms with Gasteiger partial charge in [0.05, 0.1) is 19.3 Å². The molecule has 0 spiro atoms. The summed E-state index contributed by atoms with van der Waals surface area (Å²) in [5, 5.41) is 13.0. The molecule has 0 aromatic carbocycles. The molecular formula is C15H30N2O2. The molecule has 0 saturated heterocycles. The number of nitrogens with one attached hydrogen (secondary N) is 1. The predicted octanol–water partition coefficient (Wildman–Crippen LogP) is 1.12. The quantitative estimate of drug-likeness (QED) is 0.487. The van der Waals surface area contributed by atoms with Gasteiger partial charge in [0.2, 0.25) is 0 Å². The van der Waals surface area contributed by atoms with Crippen molar-refractivity contribution in [1.29, 1.82) is 0 Å². The van der Waals surface area contributed by atoms with Crippen LogP contribution in [0.5, 0.6) is 0 Å². The van der Waals surface area contributed by atoms with Crippen LogP contribution >= 0.6 is 0 Å². The Balaban J connectivity index is 2.00. The molecule has 112 valence electrons. The minimum absolute atomic E-state index is 0.406. The molecule has 0 saturated carbocycles. The van der Waals surface area contributed by atoms with Gasteiger partial charge in [0.1, 0.15) is 0 Å². The average molecular weight is 270 g/mol. The van der Waals surface area contributed by atoms with Crippen molar-refractivity contribution in [3.8, 4) is 0 Å². The summed E-state index contributed by atoms with van der Waals surface area (Å²) in [7, 11) is 4.09. The Bertz CT molecular complexity index is 257. The first-order valence-electron chi connectivity index (χ1n) is 7.36. The average Bonchev–Trinajstić information content (AvgIpc) is 2.37. The second-order valence-corrected chi connectivity index (χ2v) is 5.88. The predicted molar refractivity (Wildman–Crippen MR) is 79.3 cm³/mol. The van der Waals surface area contributed by atoms with E-state index in [-0.39, 0.29) is 0 Å². The van der Waals surface area contributed by atoms with E-state index in [1.165, 1.54) is 0 Å². The summed E-state index contributed by atoms with van der Waals surface area (Å²) in [6.07, 6.45) is 6.36. The van der Waals surface area contributed by atoms with Crippen LogP contribution in [0.3, 0.4) is 0 Å². The maximum absolute atomic E-state index is 9.79. The van der Waals surface area contributed by atoms with Crippen LogP contribution < -0.4 is 5.32 Å². The maximum atomic E-state index is 9.79. The molecule has 0 fully saturated rings. The third kappa shape index (κ3) is 7.67. The Morgan fingerprint density at radius 1 is 1.37 bits per heavy atom. The fourth-order valence-electron chi connectivity index (χ4n) is 2.22. The summed E-state index contributed by atoms with van der Waals surface area (Å²) in [5.74, 6) is 1.30. The molecule has 0 aromatic heterocycles. The normalized spacial score (nSPS) is 24.9. The molecule has 0 aliphatic heterocycles. The number of ether oxygens (including phenoxy) is 1. The van der Waals surface area contributed by atoms with Crippen LogP contribution in [0.4, 0.5) is 0 Å². The third-order valence-corrected chi connectivity index (χ3v) is 3.68. The Kier molecular flexibility index (Phi) is 8.30. The maximum Gasteiger partial charge on any atom is 0.0897 e. The minimum atomic E-state index is -0.406. The van der Waals surface area contributed by atoms with Gasteiger partial charge >= 0.3 is 0 Å². The largest absolute Gasteiger partial charge is 0.389 e. The first-order valence-corrected chi connectivity index (χ1v) is 7.36. The molecule has 3 atom stereocenters. The highest BCUT2D eigenvalue weighted by Crippen LogP contribution is 2.24. The van der Waals surface area contributed by atoms with Gasteiger partial charge in [-0.3, -0.25) is 0 Å². The molecule has 3 unspecified atom stereocenters. The summed E-state index contributed by atoms with van der Waals surface area (Å²) in [6, 6.07) is 0. The molecule has 19 heavy (non-hydrogen) atoms. The van der Waals surface area contributed by atoms with Crippen LogP contribution in [-0.4, -0.2) is 63.1 Å². The van der Waals surface area contributed by atoms with E-state index < -0.39 is 6.10 Å². The number of aliphatic hydroxyl groups excluding tert-OH is 1. The lowest BCUT2D eigenvalue weighted by molar-refractivity contribution is 0.0128. The fourth-order valence-corrected chi connectivity index (χ4v) is 2.22. The highest BCUT2D eigenvalue weighted by Gasteiger charge is 2.18. The van der Waals surface area contributed by atoms with Crippen LogP contribution in [0.25, 0.3) is 0 Å². The SMILES string of the molecule is CC1CC=CCC1COCC(O)CNCCN(C)C. The summed E-state index contributed by atoms with van der Waals surface area (Å²) in [4.78, 5) is 2.12. The van der Waals surface area contributed by atoms with Crippen LogP contribution in [0.1, 0.15) is 19.8 Å². The lowest BCUT2D eigenvalue weighted by atomic mass is 9.85. The van der Waals surface area contributed by atoms with Gasteiger partial charge in [-0.1, -0.05) is 19.1 Å². The van der Waals surface area contributed by atoms with E-state index in [4.69, 9.17) is 4.74 Å². The smallest absolute Gasteiger partial charge is 0.0897 e. The third-order valence-electron chi connectivity index (χ3n) is 3.68. The first kappa shape index (κ1) is 16.6. The van der Waals surface area contributed by atoms with Gasteiger partial charge in [0.15, 0.2) is 0 Å². The lowest BCUT2D eigenvalue weighted by Gasteiger charge is -2.25. The van der Waals surface area contributed by atoms with Crippen LogP contribution in [0, 0.1) is 11.8 Å². The van der Waals surface area contributed by atoms with Gasteiger partial charge < -0.3 is 20.1 Å². The van der Waals surface area contributed by atoms with Crippen LogP contribution in [-0.2, 0) is 4.74 Å². The number of allylic oxidation sites excluding steroid dienone is 2. The van der Waals surface area contributed by atoms with E-state index in [9.17, 15) is 5.11 Å². The number of hydrogen-bond donors (Lipinski definition) is 2. The van der Waals surface area contributed by atoms with Crippen molar-refractivity contribution in [2.75, 3.05) is 46.9 Å². The Labute approximate surface area is 117 Å². The van der Waals surface area contributed by atoms with Gasteiger partial charge in [-0.2, -0.15) is 0 Å². The van der Waals surface area contributed by atoms with E-state index >= 15 is 0 Å². The van der Waals surface area contributed by atoms with Crippen LogP contribution in [0.2, 0.25) is 0 Å². The molecule has 1 rings (SSSR count). The molecule has 0 aromatic rings. The number of nitrogens with zero attached hydrogens (tertiary/aromatic N) is 1. The molecule has 0 amide bonds. The summed E-state index contributed by atoms with van der Waals surface area (Å²) in [6.45, 7) is 5.96. The number of rotatable bonds is 9. The zero-order valence-electron chi connectivity index (χ0n) is 12.6. The van der Waals surface area contributed by atoms with E-state index in [0.29, 0.717) is 25.0 Å². The number of hydrogen-bond acceptors (Lipinski definition) is 4. The topological polar surface area (TPSA) is 44.7 Å². The lowest BCUT2D eigenvalue weighted by Crippen LogP contribution is -2.35. The molecule has 4 heteroatoms. The van der Waals surface area contributed by atoms with Crippen molar-refractivity contribution in [1.82, 2.24) is 10.2 Å². The van der Waals surface area contributed by atoms with Gasteiger partial charge in [-0.05, 0) is 38.8 Å². The van der Waals surface area contributed by atoms with Crippen molar-refractivity contribution < 1.29 is 9.84 Å². The molecule has 0 heterocycles. The van der Waals surface area contributed by atoms with E-state index in [2.05, 4.69) is 29.3 Å². The second-order valence-electron chi connectivity index (χ2n) is 5.88. The summed E-state index contributed by atoms with van der Waals surface area (Å²) >= 11 is 0. The molecule has 4 nitrogen and oxygen atoms in total. The van der Waals surface area contributed by atoms with Crippen molar-refractivity contribution in [3.63, 3.8) is 0 Å². The Morgan fingerprint density at radius 2 is 2.11 bits per heavy atom. The van der Waals surface area contributed by atoms with Gasteiger partial charge in [-0.15, -0.1) is 0 Å². The van der Waals surface area contributed by atoms with E-state index in [1.807, 2.05) is 14.1 Å². The minimum Gasteiger partial charge on any atom is -0.389 e. The first-order chi connectivity index (χ1) is 9.09. The van der Waals surface area contributed by atoms with Crippen molar-refractivity contribution in [3.05, 3.63) is 12.2 Å². The zero-order chi connectivity index (χ0) is 14.1. The highest BCUT2D eigenvalue weighted by atomic mass is 16.5. The Morgan fingerprint density at radius 3 is 2.79 bits per heavy atom. The standard InChI is InChI=1S/C15H30N2O2/c1-13-6-4-5-7-14(13)11-19-12-15(18)10-16-8-9-17(2)3/h4-5,13-16,18H,6-12H2,1-3H3. The molecule has 2 N–H and O–H groups in total. The van der Waals surface area contributed by atoms with Gasteiger partial charge in [0, 0.05) is 19.6 Å². The second kappa shape index (κ2) is 9.48. The zero-order valence-corrected chi connectivity index (χ0v) is 12.6. The number of aliphatic hydroxyl groups is 1. The van der Waals surface area contributed by atoms with Gasteiger partial charge in [-0.25, -0.2) is 0 Å². The molecule has 1 aliphatic carbocycles. The van der Waals surface area contributed by atoms with E-state index in [1.54, 1.807) is 0 Å². The summed E-state index contributed by atoms with van der Waals surface area (Å²) < 4.78 is 5.65. The van der Waals surface area contributed by atoms with Crippen molar-refractivity contribution in [2.24, 2.45) is 11.8 Å². The molecular weight excluding hydrogens is 240 g/mol. The molecule has 0 bridgehead atoms.